The van der Waals surface area contributed by atoms with Crippen LogP contribution in [0.1, 0.15) is 15.9 Å². The maximum absolute atomic E-state index is 11.2. The Hall–Kier alpha value is -3.90. The van der Waals surface area contributed by atoms with Crippen molar-refractivity contribution in [1.29, 1.82) is 0 Å². The van der Waals surface area contributed by atoms with E-state index in [1.807, 2.05) is 54.6 Å². The number of aromatic nitrogens is 1. The lowest BCUT2D eigenvalue weighted by atomic mass is 10.0. The number of likely N-dealkylation sites (tertiary alicyclic amines) is 1. The minimum absolute atomic E-state index is 0.223. The molecule has 0 aliphatic carbocycles. The summed E-state index contributed by atoms with van der Waals surface area (Å²) < 4.78 is 12.0. The molecule has 1 aromatic heterocycles. The highest BCUT2D eigenvalue weighted by Crippen LogP contribution is 2.32. The van der Waals surface area contributed by atoms with Crippen LogP contribution in [0.4, 0.5) is 0 Å². The Labute approximate surface area is 186 Å². The first kappa shape index (κ1) is 20.0. The fourth-order valence-electron chi connectivity index (χ4n) is 3.93. The zero-order valence-electron chi connectivity index (χ0n) is 17.5. The van der Waals surface area contributed by atoms with Gasteiger partial charge < -0.3 is 15.2 Å². The van der Waals surface area contributed by atoms with Gasteiger partial charge in [0.15, 0.2) is 0 Å². The molecule has 1 aliphatic rings. The molecule has 1 amide bonds. The lowest BCUT2D eigenvalue weighted by Crippen LogP contribution is -2.53. The molecule has 4 aromatic rings. The third kappa shape index (κ3) is 4.26. The Kier molecular flexibility index (Phi) is 5.44. The van der Waals surface area contributed by atoms with Gasteiger partial charge in [0.25, 0.3) is 0 Å². The highest BCUT2D eigenvalue weighted by molar-refractivity contribution is 5.92. The molecule has 0 radical (unpaired) electrons. The fourth-order valence-corrected chi connectivity index (χ4v) is 3.93. The number of pyridine rings is 1. The molecule has 160 valence electrons. The number of ether oxygens (including phenoxy) is 2. The van der Waals surface area contributed by atoms with Crippen LogP contribution < -0.4 is 15.2 Å². The SMILES string of the molecule is NC(=O)c1ccc(Oc2cccc3c(CN4CC(Oc5ccccc5)C4)cccc23)nc1. The number of amides is 1. The van der Waals surface area contributed by atoms with Crippen molar-refractivity contribution in [2.24, 2.45) is 5.73 Å². The first-order valence-electron chi connectivity index (χ1n) is 10.5. The van der Waals surface area contributed by atoms with Crippen LogP contribution in [-0.2, 0) is 6.54 Å². The Balaban J connectivity index is 1.29. The number of carbonyl (C=O) groups is 1. The van der Waals surface area contributed by atoms with E-state index >= 15 is 0 Å². The third-order valence-corrected chi connectivity index (χ3v) is 5.57. The van der Waals surface area contributed by atoms with Crippen LogP contribution in [-0.4, -0.2) is 35.0 Å². The van der Waals surface area contributed by atoms with Crippen LogP contribution in [0.3, 0.4) is 0 Å². The van der Waals surface area contributed by atoms with Crippen molar-refractivity contribution in [3.8, 4) is 17.4 Å². The van der Waals surface area contributed by atoms with Gasteiger partial charge in [-0.2, -0.15) is 0 Å². The largest absolute Gasteiger partial charge is 0.488 e. The first-order valence-corrected chi connectivity index (χ1v) is 10.5. The fraction of sp³-hybridized carbons (Fsp3) is 0.154. The number of fused-ring (bicyclic) bond motifs is 1. The van der Waals surface area contributed by atoms with Crippen LogP contribution in [0.5, 0.6) is 17.4 Å². The van der Waals surface area contributed by atoms with Gasteiger partial charge in [-0.15, -0.1) is 0 Å². The van der Waals surface area contributed by atoms with Crippen LogP contribution >= 0.6 is 0 Å². The smallest absolute Gasteiger partial charge is 0.250 e. The average Bonchev–Trinajstić information content (AvgIpc) is 2.79. The molecule has 6 heteroatoms. The van der Waals surface area contributed by atoms with Crippen molar-refractivity contribution < 1.29 is 14.3 Å². The summed E-state index contributed by atoms with van der Waals surface area (Å²) in [4.78, 5) is 17.8. The summed E-state index contributed by atoms with van der Waals surface area (Å²) in [5.74, 6) is 1.54. The number of benzene rings is 3. The average molecular weight is 425 g/mol. The molecule has 0 spiro atoms. The van der Waals surface area contributed by atoms with Crippen molar-refractivity contribution in [2.45, 2.75) is 12.6 Å². The van der Waals surface area contributed by atoms with E-state index in [-0.39, 0.29) is 6.10 Å². The number of para-hydroxylation sites is 1. The quantitative estimate of drug-likeness (QED) is 0.475. The number of carbonyl (C=O) groups excluding carboxylic acids is 1. The van der Waals surface area contributed by atoms with E-state index in [0.717, 1.165) is 41.9 Å². The molecule has 1 saturated heterocycles. The zero-order valence-corrected chi connectivity index (χ0v) is 17.5. The van der Waals surface area contributed by atoms with E-state index in [2.05, 4.69) is 22.0 Å². The highest BCUT2D eigenvalue weighted by atomic mass is 16.5. The van der Waals surface area contributed by atoms with Crippen LogP contribution in [0.25, 0.3) is 10.8 Å². The van der Waals surface area contributed by atoms with Gasteiger partial charge in [-0.1, -0.05) is 48.5 Å². The van der Waals surface area contributed by atoms with Crippen LogP contribution in [0.2, 0.25) is 0 Å². The zero-order chi connectivity index (χ0) is 21.9. The predicted octanol–water partition coefficient (Wildman–Crippen LogP) is 4.39. The highest BCUT2D eigenvalue weighted by Gasteiger charge is 2.28. The van der Waals surface area contributed by atoms with Crippen molar-refractivity contribution in [2.75, 3.05) is 13.1 Å². The van der Waals surface area contributed by atoms with Gasteiger partial charge in [0, 0.05) is 37.3 Å². The second kappa shape index (κ2) is 8.69. The van der Waals surface area contributed by atoms with Gasteiger partial charge in [0.1, 0.15) is 17.6 Å². The molecule has 1 aliphatic heterocycles. The van der Waals surface area contributed by atoms with Crippen molar-refractivity contribution in [3.05, 3.63) is 96.2 Å². The van der Waals surface area contributed by atoms with Crippen LogP contribution in [0.15, 0.2) is 85.1 Å². The van der Waals surface area contributed by atoms with E-state index in [4.69, 9.17) is 15.2 Å². The van der Waals surface area contributed by atoms with Gasteiger partial charge >= 0.3 is 0 Å². The number of hydrogen-bond acceptors (Lipinski definition) is 5. The molecule has 2 heterocycles. The van der Waals surface area contributed by atoms with E-state index in [9.17, 15) is 4.79 Å². The Bertz CT molecular complexity index is 1240. The lowest BCUT2D eigenvalue weighted by molar-refractivity contribution is 0.0148. The predicted molar refractivity (Wildman–Crippen MR) is 123 cm³/mol. The molecule has 2 N–H and O–H groups in total. The molecule has 5 rings (SSSR count). The minimum Gasteiger partial charge on any atom is -0.488 e. The second-order valence-corrected chi connectivity index (χ2v) is 7.87. The standard InChI is InChI=1S/C26H23N3O3/c27-26(30)18-12-13-25(28-14-18)32-24-11-5-9-22-19(6-4-10-23(22)24)15-29-16-21(17-29)31-20-7-2-1-3-8-20/h1-14,21H,15-17H2,(H2,27,30). The van der Waals surface area contributed by atoms with E-state index in [1.54, 1.807) is 12.1 Å². The molecule has 0 unspecified atom stereocenters. The maximum atomic E-state index is 11.2. The topological polar surface area (TPSA) is 77.7 Å². The Morgan fingerprint density at radius 1 is 0.938 bits per heavy atom. The molecule has 32 heavy (non-hydrogen) atoms. The van der Waals surface area contributed by atoms with Crippen molar-refractivity contribution in [1.82, 2.24) is 9.88 Å². The van der Waals surface area contributed by atoms with Gasteiger partial charge in [-0.05, 0) is 35.2 Å². The summed E-state index contributed by atoms with van der Waals surface area (Å²) in [5, 5.41) is 2.16. The van der Waals surface area contributed by atoms with Gasteiger partial charge in [-0.3, -0.25) is 9.69 Å². The number of nitrogens with two attached hydrogens (primary N) is 1. The van der Waals surface area contributed by atoms with E-state index in [0.29, 0.717) is 11.4 Å². The molecule has 0 bridgehead atoms. The van der Waals surface area contributed by atoms with Crippen molar-refractivity contribution in [3.63, 3.8) is 0 Å². The first-order chi connectivity index (χ1) is 15.7. The molecule has 1 fully saturated rings. The summed E-state index contributed by atoms with van der Waals surface area (Å²) in [5.41, 5.74) is 6.87. The van der Waals surface area contributed by atoms with Gasteiger partial charge in [0.05, 0.1) is 5.56 Å². The minimum atomic E-state index is -0.513. The Morgan fingerprint density at radius 2 is 1.72 bits per heavy atom. The summed E-state index contributed by atoms with van der Waals surface area (Å²) in [6, 6.07) is 25.5. The summed E-state index contributed by atoms with van der Waals surface area (Å²) in [7, 11) is 0. The van der Waals surface area contributed by atoms with Crippen molar-refractivity contribution >= 4 is 16.7 Å². The van der Waals surface area contributed by atoms with Gasteiger partial charge in [-0.25, -0.2) is 4.98 Å². The molecule has 3 aromatic carbocycles. The molecular formula is C26H23N3O3. The number of hydrogen-bond donors (Lipinski definition) is 1. The number of rotatable bonds is 7. The van der Waals surface area contributed by atoms with E-state index < -0.39 is 5.91 Å². The molecule has 6 nitrogen and oxygen atoms in total. The number of nitrogens with zero attached hydrogens (tertiary/aromatic N) is 2. The van der Waals surface area contributed by atoms with E-state index in [1.165, 1.54) is 11.8 Å². The summed E-state index contributed by atoms with van der Waals surface area (Å²) in [6.07, 6.45) is 1.65. The molecule has 0 atom stereocenters. The normalized spacial score (nSPS) is 14.1. The number of primary amides is 1. The molecular weight excluding hydrogens is 402 g/mol. The monoisotopic (exact) mass is 425 g/mol. The van der Waals surface area contributed by atoms with Crippen LogP contribution in [0, 0.1) is 0 Å². The summed E-state index contributed by atoms with van der Waals surface area (Å²) in [6.45, 7) is 2.65. The second-order valence-electron chi connectivity index (χ2n) is 7.87. The Morgan fingerprint density at radius 3 is 2.47 bits per heavy atom. The maximum Gasteiger partial charge on any atom is 0.250 e. The third-order valence-electron chi connectivity index (χ3n) is 5.57. The lowest BCUT2D eigenvalue weighted by Gasteiger charge is -2.39. The van der Waals surface area contributed by atoms with Gasteiger partial charge in [0.2, 0.25) is 11.8 Å². The summed E-state index contributed by atoms with van der Waals surface area (Å²) >= 11 is 0. The molecule has 0 saturated carbocycles.